The minimum atomic E-state index is -0.642. The largest absolute Gasteiger partial charge is 0.471 e. The van der Waals surface area contributed by atoms with Crippen LogP contribution in [0.25, 0.3) is 22.4 Å². The van der Waals surface area contributed by atoms with Gasteiger partial charge in [0.1, 0.15) is 11.2 Å². The Balaban J connectivity index is 1.88. The Morgan fingerprint density at radius 2 is 1.74 bits per heavy atom. The van der Waals surface area contributed by atoms with E-state index in [0.717, 1.165) is 11.1 Å². The first kappa shape index (κ1) is 27.7. The zero-order valence-corrected chi connectivity index (χ0v) is 23.7. The lowest BCUT2D eigenvalue weighted by Crippen LogP contribution is -2.43. The number of carbonyl (C=O) groups excluding carboxylic acids is 2. The number of nitrogens with one attached hydrogen (secondary N) is 1. The third kappa shape index (κ3) is 6.22. The summed E-state index contributed by atoms with van der Waals surface area (Å²) in [4.78, 5) is 29.7. The van der Waals surface area contributed by atoms with Crippen molar-refractivity contribution in [3.63, 3.8) is 0 Å². The molecule has 1 atom stereocenters. The van der Waals surface area contributed by atoms with Gasteiger partial charge in [-0.15, -0.1) is 0 Å². The molecule has 1 N–H and O–H groups in total. The Kier molecular flexibility index (Phi) is 7.64. The number of ether oxygens (including phenoxy) is 3. The monoisotopic (exact) mass is 556 g/mol. The van der Waals surface area contributed by atoms with E-state index in [0.29, 0.717) is 44.7 Å². The number of carbonyl (C=O) groups is 2. The molecule has 1 amide bonds. The lowest BCUT2D eigenvalue weighted by atomic mass is 9.88. The number of benzene rings is 2. The molecule has 3 aromatic rings. The van der Waals surface area contributed by atoms with Crippen LogP contribution in [0.4, 0.5) is 4.79 Å². The molecule has 0 fully saturated rings. The first-order valence-electron chi connectivity index (χ1n) is 12.1. The van der Waals surface area contributed by atoms with Gasteiger partial charge in [0.15, 0.2) is 0 Å². The van der Waals surface area contributed by atoms with E-state index in [-0.39, 0.29) is 0 Å². The smallest absolute Gasteiger partial charge is 0.408 e. The third-order valence-corrected chi connectivity index (χ3v) is 6.52. The normalized spacial score (nSPS) is 16.2. The predicted molar refractivity (Wildman–Crippen MR) is 148 cm³/mol. The Bertz CT molecular complexity index is 1380. The first-order valence-corrected chi connectivity index (χ1v) is 12.9. The van der Waals surface area contributed by atoms with E-state index in [1.54, 1.807) is 30.3 Å². The summed E-state index contributed by atoms with van der Waals surface area (Å²) in [7, 11) is 1.31. The van der Waals surface area contributed by atoms with Crippen molar-refractivity contribution in [2.24, 2.45) is 0 Å². The molecule has 0 radical (unpaired) electrons. The highest BCUT2D eigenvalue weighted by Crippen LogP contribution is 2.44. The van der Waals surface area contributed by atoms with Gasteiger partial charge < -0.3 is 19.5 Å². The summed E-state index contributed by atoms with van der Waals surface area (Å²) in [6.45, 7) is 9.32. The standard InChI is InChI=1S/C29H30Cl2N2O5/c1-28(2,3)38-27(35)32-23-15-29(4,5)37-25-21(23)14-20(16-7-10-18(30)11-8-16)24(33-25)19-12-9-17(13-22(19)31)26(34)36-6/h7-14,23H,15H2,1-6H3,(H,32,35)/t23-/m1/s1. The molecule has 0 unspecified atom stereocenters. The fraction of sp³-hybridized carbons (Fsp3) is 0.345. The molecule has 0 spiro atoms. The first-order chi connectivity index (χ1) is 17.8. The van der Waals surface area contributed by atoms with Crippen molar-refractivity contribution >= 4 is 35.3 Å². The molecule has 1 aliphatic heterocycles. The Morgan fingerprint density at radius 3 is 2.34 bits per heavy atom. The van der Waals surface area contributed by atoms with Gasteiger partial charge >= 0.3 is 12.1 Å². The van der Waals surface area contributed by atoms with Crippen molar-refractivity contribution in [2.75, 3.05) is 7.11 Å². The molecule has 4 rings (SSSR count). The number of rotatable bonds is 4. The van der Waals surface area contributed by atoms with Gasteiger partial charge in [-0.3, -0.25) is 0 Å². The summed E-state index contributed by atoms with van der Waals surface area (Å²) < 4.78 is 16.6. The second kappa shape index (κ2) is 10.5. The molecule has 9 heteroatoms. The maximum atomic E-state index is 12.7. The van der Waals surface area contributed by atoms with Crippen molar-refractivity contribution < 1.29 is 23.8 Å². The van der Waals surface area contributed by atoms with Crippen LogP contribution in [0.15, 0.2) is 48.5 Å². The van der Waals surface area contributed by atoms with Gasteiger partial charge in [-0.05, 0) is 70.5 Å². The van der Waals surface area contributed by atoms with Crippen LogP contribution < -0.4 is 10.1 Å². The van der Waals surface area contributed by atoms with Crippen LogP contribution in [0.1, 0.15) is 63.0 Å². The van der Waals surface area contributed by atoms with Crippen molar-refractivity contribution in [1.29, 1.82) is 0 Å². The number of halogens is 2. The summed E-state index contributed by atoms with van der Waals surface area (Å²) >= 11 is 12.8. The quantitative estimate of drug-likeness (QED) is 0.332. The van der Waals surface area contributed by atoms with Crippen LogP contribution in [0.5, 0.6) is 5.88 Å². The average Bonchev–Trinajstić information content (AvgIpc) is 2.81. The van der Waals surface area contributed by atoms with Crippen LogP contribution >= 0.6 is 23.2 Å². The van der Waals surface area contributed by atoms with E-state index < -0.39 is 29.3 Å². The van der Waals surface area contributed by atoms with Crippen LogP contribution in [-0.2, 0) is 9.47 Å². The Labute approximate surface area is 232 Å². The molecule has 2 heterocycles. The van der Waals surface area contributed by atoms with E-state index in [1.807, 2.05) is 52.8 Å². The molecule has 0 bridgehead atoms. The van der Waals surface area contributed by atoms with Gasteiger partial charge in [-0.1, -0.05) is 41.4 Å². The van der Waals surface area contributed by atoms with E-state index >= 15 is 0 Å². The summed E-state index contributed by atoms with van der Waals surface area (Å²) in [5, 5.41) is 3.91. The van der Waals surface area contributed by atoms with Crippen LogP contribution in [0.2, 0.25) is 10.0 Å². The molecule has 200 valence electrons. The summed E-state index contributed by atoms with van der Waals surface area (Å²) in [5.74, 6) is -0.112. The van der Waals surface area contributed by atoms with Gasteiger partial charge in [0.2, 0.25) is 5.88 Å². The number of methoxy groups -OCH3 is 1. The molecule has 0 saturated carbocycles. The molecule has 7 nitrogen and oxygen atoms in total. The zero-order valence-electron chi connectivity index (χ0n) is 22.1. The van der Waals surface area contributed by atoms with Gasteiger partial charge in [0.05, 0.1) is 29.4 Å². The van der Waals surface area contributed by atoms with Crippen molar-refractivity contribution in [2.45, 2.75) is 58.3 Å². The summed E-state index contributed by atoms with van der Waals surface area (Å²) in [6, 6.07) is 13.8. The van der Waals surface area contributed by atoms with E-state index in [1.165, 1.54) is 7.11 Å². The molecule has 2 aromatic carbocycles. The van der Waals surface area contributed by atoms with Crippen molar-refractivity contribution in [3.05, 3.63) is 69.7 Å². The minimum absolute atomic E-state index is 0.325. The lowest BCUT2D eigenvalue weighted by Gasteiger charge is -2.37. The summed E-state index contributed by atoms with van der Waals surface area (Å²) in [5.41, 5.74) is 2.55. The third-order valence-electron chi connectivity index (χ3n) is 5.95. The predicted octanol–water partition coefficient (Wildman–Crippen LogP) is 7.64. The average molecular weight is 557 g/mol. The van der Waals surface area contributed by atoms with Gasteiger partial charge in [0.25, 0.3) is 0 Å². The van der Waals surface area contributed by atoms with Crippen LogP contribution in [0.3, 0.4) is 0 Å². The number of hydrogen-bond acceptors (Lipinski definition) is 6. The maximum absolute atomic E-state index is 12.7. The number of pyridine rings is 1. The highest BCUT2D eigenvalue weighted by atomic mass is 35.5. The van der Waals surface area contributed by atoms with Gasteiger partial charge in [0, 0.05) is 28.1 Å². The molecule has 0 aliphatic carbocycles. The topological polar surface area (TPSA) is 86.8 Å². The van der Waals surface area contributed by atoms with E-state index in [4.69, 9.17) is 42.4 Å². The number of aromatic nitrogens is 1. The van der Waals surface area contributed by atoms with Crippen molar-refractivity contribution in [1.82, 2.24) is 10.3 Å². The minimum Gasteiger partial charge on any atom is -0.471 e. The highest BCUT2D eigenvalue weighted by molar-refractivity contribution is 6.33. The fourth-order valence-corrected chi connectivity index (χ4v) is 4.73. The molecule has 1 aromatic heterocycles. The Hall–Kier alpha value is -3.29. The number of amides is 1. The molecule has 38 heavy (non-hydrogen) atoms. The van der Waals surface area contributed by atoms with Crippen LogP contribution in [-0.4, -0.2) is 35.4 Å². The number of nitrogens with zero attached hydrogens (tertiary/aromatic N) is 1. The molecule has 0 saturated heterocycles. The number of hydrogen-bond donors (Lipinski definition) is 1. The summed E-state index contributed by atoms with van der Waals surface area (Å²) in [6.07, 6.45) is -0.0146. The van der Waals surface area contributed by atoms with Gasteiger partial charge in [-0.2, -0.15) is 0 Å². The second-order valence-corrected chi connectivity index (χ2v) is 11.6. The van der Waals surface area contributed by atoms with Crippen molar-refractivity contribution in [3.8, 4) is 28.3 Å². The molecular formula is C29H30Cl2N2O5. The molecule has 1 aliphatic rings. The Morgan fingerprint density at radius 1 is 1.05 bits per heavy atom. The van der Waals surface area contributed by atoms with E-state index in [2.05, 4.69) is 5.32 Å². The van der Waals surface area contributed by atoms with Gasteiger partial charge in [-0.25, -0.2) is 14.6 Å². The maximum Gasteiger partial charge on any atom is 0.408 e. The fourth-order valence-electron chi connectivity index (χ4n) is 4.33. The second-order valence-electron chi connectivity index (χ2n) is 10.7. The van der Waals surface area contributed by atoms with E-state index in [9.17, 15) is 9.59 Å². The van der Waals surface area contributed by atoms with Crippen LogP contribution in [0, 0.1) is 0 Å². The zero-order chi connectivity index (χ0) is 27.8. The lowest BCUT2D eigenvalue weighted by molar-refractivity contribution is 0.0366. The molecular weight excluding hydrogens is 527 g/mol. The highest BCUT2D eigenvalue weighted by Gasteiger charge is 2.37. The SMILES string of the molecule is COC(=O)c1ccc(-c2nc3c(cc2-c2ccc(Cl)cc2)[C@H](NC(=O)OC(C)(C)C)CC(C)(C)O3)c(Cl)c1. The number of esters is 1. The number of alkyl carbamates (subject to hydrolysis) is 1. The number of fused-ring (bicyclic) bond motifs is 1.